The first-order valence-electron chi connectivity index (χ1n) is 3.58. The summed E-state index contributed by atoms with van der Waals surface area (Å²) in [5.41, 5.74) is 0. The summed E-state index contributed by atoms with van der Waals surface area (Å²) in [6.45, 7) is 5.10. The number of nitrogens with zero attached hydrogens (tertiary/aromatic N) is 1. The number of morpholine rings is 1. The molecule has 0 bridgehead atoms. The first-order chi connectivity index (χ1) is 4.93. The molecule has 1 heterocycles. The minimum absolute atomic E-state index is 0.905. The highest BCUT2D eigenvalue weighted by Crippen LogP contribution is 2.03. The van der Waals surface area contributed by atoms with E-state index in [1.807, 2.05) is 0 Å². The maximum absolute atomic E-state index is 5.22. The predicted molar refractivity (Wildman–Crippen MR) is 45.1 cm³/mol. The molecule has 1 aliphatic heterocycles. The molecule has 1 radical (unpaired) electrons. The molecule has 0 saturated carbocycles. The van der Waals surface area contributed by atoms with Gasteiger partial charge in [-0.05, 0) is 6.26 Å². The highest BCUT2D eigenvalue weighted by atomic mass is 32.2. The molecule has 1 fully saturated rings. The maximum Gasteiger partial charge on any atom is 0.0594 e. The van der Waals surface area contributed by atoms with Crippen LogP contribution >= 0.6 is 11.8 Å². The third-order valence-electron chi connectivity index (χ3n) is 1.60. The van der Waals surface area contributed by atoms with Gasteiger partial charge in [-0.3, -0.25) is 4.90 Å². The zero-order valence-electron chi connectivity index (χ0n) is 6.38. The molecule has 0 unspecified atom stereocenters. The van der Waals surface area contributed by atoms with Crippen LogP contribution in [0.25, 0.3) is 0 Å². The first kappa shape index (κ1) is 8.37. The third-order valence-corrected chi connectivity index (χ3v) is 2.09. The van der Waals surface area contributed by atoms with Crippen molar-refractivity contribution in [2.24, 2.45) is 0 Å². The van der Waals surface area contributed by atoms with Crippen molar-refractivity contribution in [1.29, 1.82) is 0 Å². The van der Waals surface area contributed by atoms with Crippen molar-refractivity contribution in [3.8, 4) is 0 Å². The van der Waals surface area contributed by atoms with E-state index in [4.69, 9.17) is 4.74 Å². The van der Waals surface area contributed by atoms with E-state index in [-0.39, 0.29) is 0 Å². The summed E-state index contributed by atoms with van der Waals surface area (Å²) in [6.07, 6.45) is 2.10. The molecule has 0 aromatic heterocycles. The first-order valence-corrected chi connectivity index (χ1v) is 4.87. The highest BCUT2D eigenvalue weighted by Gasteiger charge is 2.08. The lowest BCUT2D eigenvalue weighted by Crippen LogP contribution is -2.36. The SMILES string of the molecule is CS[CH]CN1CCOCC1. The standard InChI is InChI=1S/C7H14NOS/c1-10-7-4-8-2-5-9-6-3-8/h7H,2-6H2,1H3. The van der Waals surface area contributed by atoms with Crippen LogP contribution in [0.15, 0.2) is 0 Å². The number of hydrogen-bond donors (Lipinski definition) is 0. The fourth-order valence-electron chi connectivity index (χ4n) is 0.964. The van der Waals surface area contributed by atoms with E-state index in [1.54, 1.807) is 11.8 Å². The average molecular weight is 160 g/mol. The van der Waals surface area contributed by atoms with E-state index in [0.717, 1.165) is 32.8 Å². The van der Waals surface area contributed by atoms with Gasteiger partial charge in [0.25, 0.3) is 0 Å². The van der Waals surface area contributed by atoms with Gasteiger partial charge in [0.05, 0.1) is 13.2 Å². The summed E-state index contributed by atoms with van der Waals surface area (Å²) in [7, 11) is 0. The van der Waals surface area contributed by atoms with Gasteiger partial charge in [0.2, 0.25) is 0 Å². The second-order valence-corrected chi connectivity index (χ2v) is 3.12. The molecule has 1 rings (SSSR count). The van der Waals surface area contributed by atoms with Crippen LogP contribution < -0.4 is 0 Å². The Bertz CT molecular complexity index is 83.7. The third kappa shape index (κ3) is 2.90. The van der Waals surface area contributed by atoms with Gasteiger partial charge in [-0.25, -0.2) is 0 Å². The lowest BCUT2D eigenvalue weighted by Gasteiger charge is -2.25. The van der Waals surface area contributed by atoms with E-state index in [0.29, 0.717) is 0 Å². The molecule has 0 aromatic carbocycles. The van der Waals surface area contributed by atoms with Gasteiger partial charge >= 0.3 is 0 Å². The van der Waals surface area contributed by atoms with Gasteiger partial charge in [-0.2, -0.15) is 11.8 Å². The van der Waals surface area contributed by atoms with E-state index in [2.05, 4.69) is 16.9 Å². The maximum atomic E-state index is 5.22. The molecular formula is C7H14NOS. The Morgan fingerprint density at radius 2 is 2.20 bits per heavy atom. The largest absolute Gasteiger partial charge is 0.379 e. The Kier molecular flexibility index (Phi) is 4.18. The topological polar surface area (TPSA) is 12.5 Å². The molecule has 0 amide bonds. The lowest BCUT2D eigenvalue weighted by atomic mass is 10.4. The summed E-state index contributed by atoms with van der Waals surface area (Å²) in [4.78, 5) is 2.40. The Labute approximate surface area is 66.9 Å². The van der Waals surface area contributed by atoms with Crippen molar-refractivity contribution in [3.63, 3.8) is 0 Å². The fourth-order valence-corrected chi connectivity index (χ4v) is 1.32. The number of thioether (sulfide) groups is 1. The molecule has 10 heavy (non-hydrogen) atoms. The van der Waals surface area contributed by atoms with Crippen LogP contribution in [0, 0.1) is 5.75 Å². The van der Waals surface area contributed by atoms with Crippen molar-refractivity contribution < 1.29 is 4.74 Å². The fraction of sp³-hybridized carbons (Fsp3) is 0.857. The summed E-state index contributed by atoms with van der Waals surface area (Å²) in [5.74, 6) is 2.23. The molecule has 1 aliphatic rings. The highest BCUT2D eigenvalue weighted by molar-refractivity contribution is 8.00. The summed E-state index contributed by atoms with van der Waals surface area (Å²) >= 11 is 1.79. The average Bonchev–Trinajstić information content (AvgIpc) is 2.03. The summed E-state index contributed by atoms with van der Waals surface area (Å²) < 4.78 is 5.22. The molecule has 3 heteroatoms. The Morgan fingerprint density at radius 1 is 1.50 bits per heavy atom. The van der Waals surface area contributed by atoms with Gasteiger partial charge in [0, 0.05) is 25.4 Å². The van der Waals surface area contributed by atoms with Crippen LogP contribution in [0.2, 0.25) is 0 Å². The lowest BCUT2D eigenvalue weighted by molar-refractivity contribution is 0.0427. The van der Waals surface area contributed by atoms with E-state index >= 15 is 0 Å². The van der Waals surface area contributed by atoms with Crippen LogP contribution in [0.3, 0.4) is 0 Å². The summed E-state index contributed by atoms with van der Waals surface area (Å²) in [6, 6.07) is 0. The van der Waals surface area contributed by atoms with E-state index in [1.165, 1.54) is 0 Å². The Hall–Kier alpha value is 0.270. The van der Waals surface area contributed by atoms with Crippen LogP contribution in [0.1, 0.15) is 0 Å². The molecule has 1 saturated heterocycles. The van der Waals surface area contributed by atoms with Gasteiger partial charge < -0.3 is 4.74 Å². The van der Waals surface area contributed by atoms with Crippen LogP contribution in [-0.4, -0.2) is 44.0 Å². The van der Waals surface area contributed by atoms with Gasteiger partial charge in [-0.1, -0.05) is 0 Å². The van der Waals surface area contributed by atoms with Crippen LogP contribution in [0.4, 0.5) is 0 Å². The van der Waals surface area contributed by atoms with Gasteiger partial charge in [0.15, 0.2) is 0 Å². The molecule has 59 valence electrons. The second kappa shape index (κ2) is 4.99. The predicted octanol–water partition coefficient (Wildman–Crippen LogP) is 0.843. The van der Waals surface area contributed by atoms with Crippen molar-refractivity contribution in [3.05, 3.63) is 5.75 Å². The van der Waals surface area contributed by atoms with E-state index in [9.17, 15) is 0 Å². The van der Waals surface area contributed by atoms with Crippen molar-refractivity contribution in [2.75, 3.05) is 39.1 Å². The van der Waals surface area contributed by atoms with Crippen molar-refractivity contribution >= 4 is 11.8 Å². The van der Waals surface area contributed by atoms with Crippen LogP contribution in [-0.2, 0) is 4.74 Å². The van der Waals surface area contributed by atoms with Gasteiger partial charge in [0.1, 0.15) is 0 Å². The van der Waals surface area contributed by atoms with Crippen LogP contribution in [0.5, 0.6) is 0 Å². The number of ether oxygens (including phenoxy) is 1. The monoisotopic (exact) mass is 160 g/mol. The molecule has 0 atom stereocenters. The van der Waals surface area contributed by atoms with Crippen molar-refractivity contribution in [1.82, 2.24) is 4.90 Å². The zero-order valence-corrected chi connectivity index (χ0v) is 7.19. The minimum atomic E-state index is 0.905. The van der Waals surface area contributed by atoms with E-state index < -0.39 is 0 Å². The molecule has 0 spiro atoms. The Balaban J connectivity index is 2.02. The molecule has 0 N–H and O–H groups in total. The second-order valence-electron chi connectivity index (χ2n) is 2.32. The van der Waals surface area contributed by atoms with Crippen molar-refractivity contribution in [2.45, 2.75) is 0 Å². The minimum Gasteiger partial charge on any atom is -0.379 e. The molecule has 0 aliphatic carbocycles. The quantitative estimate of drug-likeness (QED) is 0.607. The molecular weight excluding hydrogens is 146 g/mol. The number of rotatable bonds is 3. The number of hydrogen-bond acceptors (Lipinski definition) is 3. The summed E-state index contributed by atoms with van der Waals surface area (Å²) in [5, 5.41) is 0. The molecule has 0 aromatic rings. The van der Waals surface area contributed by atoms with Gasteiger partial charge in [-0.15, -0.1) is 0 Å². The smallest absolute Gasteiger partial charge is 0.0594 e. The molecule has 2 nitrogen and oxygen atoms in total. The zero-order chi connectivity index (χ0) is 7.23. The Morgan fingerprint density at radius 3 is 2.80 bits per heavy atom. The normalized spacial score (nSPS) is 21.3.